The minimum atomic E-state index is 0.328. The standard InChI is InChI=1S/C20H24ClNO.C2H3N/c1-3-13-5-6-14-11-19(20(23)12-18(14)17(13)4-2)22-16-9-7-15(21)8-10-16;1-2-3/h7-13,17,22-23H,3-6H2,1-2H3;1H3. The normalized spacial score (nSPS) is 18.1. The number of nitrogens with zero attached hydrogens (tertiary/aromatic N) is 1. The molecule has 0 aromatic heterocycles. The molecule has 0 spiro atoms. The summed E-state index contributed by atoms with van der Waals surface area (Å²) in [4.78, 5) is 0. The lowest BCUT2D eigenvalue weighted by atomic mass is 9.72. The van der Waals surface area contributed by atoms with Crippen molar-refractivity contribution >= 4 is 23.0 Å². The minimum absolute atomic E-state index is 0.328. The van der Waals surface area contributed by atoms with Crippen molar-refractivity contribution in [1.82, 2.24) is 0 Å². The number of phenolic OH excluding ortho intramolecular Hbond substituents is 1. The molecule has 0 bridgehead atoms. The molecule has 26 heavy (non-hydrogen) atoms. The van der Waals surface area contributed by atoms with Gasteiger partial charge in [0.15, 0.2) is 0 Å². The van der Waals surface area contributed by atoms with Crippen molar-refractivity contribution in [3.05, 3.63) is 52.5 Å². The number of aryl methyl sites for hydroxylation is 1. The van der Waals surface area contributed by atoms with Crippen molar-refractivity contribution in [2.45, 2.75) is 52.4 Å². The zero-order valence-corrected chi connectivity index (χ0v) is 16.5. The van der Waals surface area contributed by atoms with Gasteiger partial charge in [-0.25, -0.2) is 0 Å². The number of hydrogen-bond donors (Lipinski definition) is 2. The SMILES string of the molecule is CC#N.CCC1CCc2cc(Nc3ccc(Cl)cc3)c(O)cc2C1CC. The molecule has 0 amide bonds. The van der Waals surface area contributed by atoms with Crippen LogP contribution in [0.25, 0.3) is 0 Å². The highest BCUT2D eigenvalue weighted by Gasteiger charge is 2.28. The van der Waals surface area contributed by atoms with Gasteiger partial charge >= 0.3 is 0 Å². The smallest absolute Gasteiger partial charge is 0.139 e. The fraction of sp³-hybridized carbons (Fsp3) is 0.409. The maximum atomic E-state index is 10.5. The van der Waals surface area contributed by atoms with Crippen LogP contribution in [0.15, 0.2) is 36.4 Å². The Kier molecular flexibility index (Phi) is 7.36. The Bertz CT molecular complexity index is 765. The highest BCUT2D eigenvalue weighted by atomic mass is 35.5. The van der Waals surface area contributed by atoms with Crippen LogP contribution in [0.4, 0.5) is 11.4 Å². The van der Waals surface area contributed by atoms with Crippen molar-refractivity contribution in [3.8, 4) is 11.8 Å². The molecule has 2 aromatic carbocycles. The molecule has 2 unspecified atom stereocenters. The highest BCUT2D eigenvalue weighted by molar-refractivity contribution is 6.30. The maximum Gasteiger partial charge on any atom is 0.139 e. The van der Waals surface area contributed by atoms with Crippen LogP contribution in [-0.2, 0) is 6.42 Å². The van der Waals surface area contributed by atoms with E-state index in [2.05, 4.69) is 25.2 Å². The van der Waals surface area contributed by atoms with E-state index < -0.39 is 0 Å². The van der Waals surface area contributed by atoms with Gasteiger partial charge in [-0.2, -0.15) is 5.26 Å². The number of phenols is 1. The number of aromatic hydroxyl groups is 1. The van der Waals surface area contributed by atoms with Crippen LogP contribution in [0, 0.1) is 17.2 Å². The first-order valence-electron chi connectivity index (χ1n) is 9.23. The van der Waals surface area contributed by atoms with E-state index in [1.54, 1.807) is 6.07 Å². The Morgan fingerprint density at radius 3 is 2.42 bits per heavy atom. The number of nitriles is 1. The molecule has 0 heterocycles. The third-order valence-corrected chi connectivity index (χ3v) is 5.35. The summed E-state index contributed by atoms with van der Waals surface area (Å²) < 4.78 is 0. The molecule has 3 rings (SSSR count). The summed E-state index contributed by atoms with van der Waals surface area (Å²) in [7, 11) is 0. The molecule has 2 N–H and O–H groups in total. The first kappa shape index (κ1) is 20.1. The molecule has 138 valence electrons. The molecule has 0 aliphatic heterocycles. The van der Waals surface area contributed by atoms with Gasteiger partial charge in [-0.15, -0.1) is 0 Å². The Labute approximate surface area is 161 Å². The number of rotatable bonds is 4. The molecule has 1 aliphatic carbocycles. The van der Waals surface area contributed by atoms with Crippen molar-refractivity contribution in [2.75, 3.05) is 5.32 Å². The predicted molar refractivity (Wildman–Crippen MR) is 109 cm³/mol. The largest absolute Gasteiger partial charge is 0.506 e. The lowest BCUT2D eigenvalue weighted by molar-refractivity contribution is 0.351. The first-order chi connectivity index (χ1) is 12.5. The molecule has 0 fully saturated rings. The van der Waals surface area contributed by atoms with Gasteiger partial charge in [-0.05, 0) is 78.6 Å². The minimum Gasteiger partial charge on any atom is -0.506 e. The number of anilines is 2. The van der Waals surface area contributed by atoms with Crippen LogP contribution < -0.4 is 5.32 Å². The third-order valence-electron chi connectivity index (χ3n) is 5.10. The second-order valence-electron chi connectivity index (χ2n) is 6.65. The summed E-state index contributed by atoms with van der Waals surface area (Å²) in [5, 5.41) is 21.8. The monoisotopic (exact) mass is 370 g/mol. The number of benzene rings is 2. The van der Waals surface area contributed by atoms with E-state index in [0.717, 1.165) is 30.1 Å². The van der Waals surface area contributed by atoms with Gasteiger partial charge in [0, 0.05) is 17.6 Å². The highest BCUT2D eigenvalue weighted by Crippen LogP contribution is 2.43. The summed E-state index contributed by atoms with van der Waals surface area (Å²) in [5.74, 6) is 1.63. The summed E-state index contributed by atoms with van der Waals surface area (Å²) in [6.45, 7) is 5.95. The Morgan fingerprint density at radius 1 is 1.19 bits per heavy atom. The third kappa shape index (κ3) is 4.71. The topological polar surface area (TPSA) is 56.0 Å². The number of hydrogen-bond acceptors (Lipinski definition) is 3. The molecule has 2 atom stereocenters. The van der Waals surface area contributed by atoms with Gasteiger partial charge in [0.1, 0.15) is 5.75 Å². The zero-order valence-electron chi connectivity index (χ0n) is 15.7. The van der Waals surface area contributed by atoms with Crippen molar-refractivity contribution in [1.29, 1.82) is 5.26 Å². The fourth-order valence-corrected chi connectivity index (χ4v) is 3.96. The van der Waals surface area contributed by atoms with E-state index in [4.69, 9.17) is 16.9 Å². The Morgan fingerprint density at radius 2 is 1.85 bits per heavy atom. The first-order valence-corrected chi connectivity index (χ1v) is 9.60. The van der Waals surface area contributed by atoms with E-state index in [-0.39, 0.29) is 0 Å². The molecular formula is C22H27ClN2O. The quantitative estimate of drug-likeness (QED) is 0.583. The number of fused-ring (bicyclic) bond motifs is 1. The van der Waals surface area contributed by atoms with Crippen molar-refractivity contribution < 1.29 is 5.11 Å². The molecule has 4 heteroatoms. The molecule has 2 aromatic rings. The molecular weight excluding hydrogens is 344 g/mol. The van der Waals surface area contributed by atoms with Crippen LogP contribution in [0.3, 0.4) is 0 Å². The lowest BCUT2D eigenvalue weighted by Crippen LogP contribution is -2.20. The van der Waals surface area contributed by atoms with Crippen molar-refractivity contribution in [2.24, 2.45) is 5.92 Å². The summed E-state index contributed by atoms with van der Waals surface area (Å²) in [6, 6.07) is 13.4. The summed E-state index contributed by atoms with van der Waals surface area (Å²) in [5.41, 5.74) is 4.41. The van der Waals surface area contributed by atoms with Crippen LogP contribution in [0.2, 0.25) is 5.02 Å². The molecule has 1 aliphatic rings. The second-order valence-corrected chi connectivity index (χ2v) is 7.08. The Hall–Kier alpha value is -2.18. The van der Waals surface area contributed by atoms with Crippen LogP contribution in [0.5, 0.6) is 5.75 Å². The fourth-order valence-electron chi connectivity index (χ4n) is 3.84. The summed E-state index contributed by atoms with van der Waals surface area (Å²) >= 11 is 5.92. The van der Waals surface area contributed by atoms with Gasteiger partial charge in [0.05, 0.1) is 11.8 Å². The maximum absolute atomic E-state index is 10.5. The predicted octanol–water partition coefficient (Wildman–Crippen LogP) is 6.79. The molecule has 3 nitrogen and oxygen atoms in total. The van der Waals surface area contributed by atoms with Gasteiger partial charge in [0.25, 0.3) is 0 Å². The average Bonchev–Trinajstić information content (AvgIpc) is 2.64. The lowest BCUT2D eigenvalue weighted by Gasteiger charge is -2.33. The van der Waals surface area contributed by atoms with E-state index in [1.165, 1.54) is 30.9 Å². The molecule has 0 radical (unpaired) electrons. The van der Waals surface area contributed by atoms with E-state index in [9.17, 15) is 5.11 Å². The Balaban J connectivity index is 0.000000758. The van der Waals surface area contributed by atoms with Crippen molar-refractivity contribution in [3.63, 3.8) is 0 Å². The van der Waals surface area contributed by atoms with Gasteiger partial charge in [0.2, 0.25) is 0 Å². The zero-order chi connectivity index (χ0) is 19.1. The average molecular weight is 371 g/mol. The molecule has 0 saturated heterocycles. The van der Waals surface area contributed by atoms with Crippen LogP contribution in [-0.4, -0.2) is 5.11 Å². The number of nitrogens with one attached hydrogen (secondary N) is 1. The summed E-state index contributed by atoms with van der Waals surface area (Å²) in [6.07, 6.45) is 4.69. The van der Waals surface area contributed by atoms with Crippen LogP contribution >= 0.6 is 11.6 Å². The molecule has 0 saturated carbocycles. The van der Waals surface area contributed by atoms with Gasteiger partial charge < -0.3 is 10.4 Å². The van der Waals surface area contributed by atoms with E-state index >= 15 is 0 Å². The van der Waals surface area contributed by atoms with Gasteiger partial charge in [-0.1, -0.05) is 31.9 Å². The van der Waals surface area contributed by atoms with Gasteiger partial charge in [-0.3, -0.25) is 0 Å². The second kappa shape index (κ2) is 9.50. The van der Waals surface area contributed by atoms with E-state index in [0.29, 0.717) is 16.7 Å². The van der Waals surface area contributed by atoms with Crippen LogP contribution in [0.1, 0.15) is 57.1 Å². The number of halogens is 1. The van der Waals surface area contributed by atoms with E-state index in [1.807, 2.05) is 30.3 Å².